The third-order valence-electron chi connectivity index (χ3n) is 3.35. The largest absolute Gasteiger partial charge is 0.497 e. The molecule has 0 aliphatic heterocycles. The summed E-state index contributed by atoms with van der Waals surface area (Å²) in [5.74, 6) is -0.565. The second-order valence-electron chi connectivity index (χ2n) is 4.67. The number of nitrogens with zero attached hydrogens (tertiary/aromatic N) is 2. The third-order valence-corrected chi connectivity index (χ3v) is 3.35. The summed E-state index contributed by atoms with van der Waals surface area (Å²) in [7, 11) is 1.52. The molecule has 1 N–H and O–H groups in total. The van der Waals surface area contributed by atoms with Crippen LogP contribution >= 0.6 is 0 Å². The van der Waals surface area contributed by atoms with Crippen LogP contribution in [0.2, 0.25) is 0 Å². The zero-order chi connectivity index (χ0) is 16.3. The molecular formula is C16H14N2O4. The molecule has 0 fully saturated rings. The molecule has 0 bridgehead atoms. The van der Waals surface area contributed by atoms with Crippen molar-refractivity contribution in [1.82, 2.24) is 4.57 Å². The van der Waals surface area contributed by atoms with Gasteiger partial charge in [0.25, 0.3) is 5.56 Å². The number of rotatable bonds is 4. The monoisotopic (exact) mass is 298 g/mol. The van der Waals surface area contributed by atoms with Crippen LogP contribution in [0.1, 0.15) is 18.5 Å². The van der Waals surface area contributed by atoms with Gasteiger partial charge < -0.3 is 9.84 Å². The highest BCUT2D eigenvalue weighted by Crippen LogP contribution is 2.25. The Bertz CT molecular complexity index is 818. The minimum absolute atomic E-state index is 0.0975. The maximum absolute atomic E-state index is 12.3. The van der Waals surface area contributed by atoms with E-state index in [1.54, 1.807) is 36.4 Å². The Morgan fingerprint density at radius 2 is 2.09 bits per heavy atom. The molecule has 22 heavy (non-hydrogen) atoms. The normalized spacial score (nSPS) is 11.5. The maximum atomic E-state index is 12.3. The first-order chi connectivity index (χ1) is 10.5. The number of pyridine rings is 1. The van der Waals surface area contributed by atoms with Gasteiger partial charge in [-0.1, -0.05) is 12.1 Å². The highest BCUT2D eigenvalue weighted by atomic mass is 16.5. The van der Waals surface area contributed by atoms with Gasteiger partial charge in [-0.3, -0.25) is 9.36 Å². The van der Waals surface area contributed by atoms with Crippen molar-refractivity contribution >= 4 is 5.97 Å². The lowest BCUT2D eigenvalue weighted by atomic mass is 10.1. The second-order valence-corrected chi connectivity index (χ2v) is 4.67. The number of carbonyl (C=O) groups is 1. The Morgan fingerprint density at radius 3 is 2.68 bits per heavy atom. The highest BCUT2D eigenvalue weighted by Gasteiger charge is 2.20. The van der Waals surface area contributed by atoms with Crippen molar-refractivity contribution in [2.24, 2.45) is 0 Å². The third kappa shape index (κ3) is 2.69. The molecule has 1 aromatic carbocycles. The number of aliphatic carboxylic acids is 1. The van der Waals surface area contributed by atoms with E-state index in [2.05, 4.69) is 0 Å². The Hall–Kier alpha value is -3.07. The summed E-state index contributed by atoms with van der Waals surface area (Å²) < 4.78 is 6.25. The number of aromatic nitrogens is 1. The van der Waals surface area contributed by atoms with Crippen LogP contribution in [-0.4, -0.2) is 22.8 Å². The van der Waals surface area contributed by atoms with E-state index in [0.717, 1.165) is 4.57 Å². The van der Waals surface area contributed by atoms with Crippen LogP contribution in [-0.2, 0) is 4.79 Å². The van der Waals surface area contributed by atoms with Crippen molar-refractivity contribution in [2.75, 3.05) is 7.11 Å². The summed E-state index contributed by atoms with van der Waals surface area (Å²) in [6, 6.07) is 10.6. The molecule has 0 saturated heterocycles. The number of methoxy groups -OCH3 is 1. The van der Waals surface area contributed by atoms with Gasteiger partial charge in [-0.05, 0) is 31.2 Å². The van der Waals surface area contributed by atoms with Gasteiger partial charge in [-0.25, -0.2) is 4.79 Å². The summed E-state index contributed by atoms with van der Waals surface area (Å²) >= 11 is 0. The molecule has 1 heterocycles. The minimum Gasteiger partial charge on any atom is -0.497 e. The molecule has 0 aliphatic rings. The predicted octanol–water partition coefficient (Wildman–Crippen LogP) is 2.04. The van der Waals surface area contributed by atoms with E-state index >= 15 is 0 Å². The molecule has 0 saturated carbocycles. The molecule has 0 amide bonds. The Morgan fingerprint density at radius 1 is 1.36 bits per heavy atom. The Balaban J connectivity index is 2.75. The average molecular weight is 298 g/mol. The van der Waals surface area contributed by atoms with E-state index < -0.39 is 17.6 Å². The number of hydrogen-bond donors (Lipinski definition) is 1. The lowest BCUT2D eigenvalue weighted by Gasteiger charge is -2.17. The van der Waals surface area contributed by atoms with Crippen molar-refractivity contribution in [1.29, 1.82) is 5.26 Å². The number of benzene rings is 1. The number of carboxylic acid groups (broad SMARTS) is 1. The molecular weight excluding hydrogens is 284 g/mol. The fourth-order valence-corrected chi connectivity index (χ4v) is 2.15. The lowest BCUT2D eigenvalue weighted by molar-refractivity contribution is -0.140. The first-order valence-corrected chi connectivity index (χ1v) is 6.52. The van der Waals surface area contributed by atoms with E-state index in [1.807, 2.05) is 0 Å². The van der Waals surface area contributed by atoms with Crippen LogP contribution in [0.25, 0.3) is 11.3 Å². The Kier molecular flexibility index (Phi) is 4.28. The first kappa shape index (κ1) is 15.3. The molecule has 2 aromatic rings. The smallest absolute Gasteiger partial charge is 0.326 e. The van der Waals surface area contributed by atoms with Gasteiger partial charge in [0.05, 0.1) is 12.8 Å². The topological polar surface area (TPSA) is 92.3 Å². The molecule has 0 radical (unpaired) electrons. The summed E-state index contributed by atoms with van der Waals surface area (Å²) in [4.78, 5) is 23.6. The van der Waals surface area contributed by atoms with E-state index in [1.165, 1.54) is 20.1 Å². The molecule has 6 nitrogen and oxygen atoms in total. The first-order valence-electron chi connectivity index (χ1n) is 6.52. The van der Waals surface area contributed by atoms with Crippen LogP contribution < -0.4 is 10.3 Å². The summed E-state index contributed by atoms with van der Waals surface area (Å²) in [6.07, 6.45) is 0. The van der Waals surface area contributed by atoms with Crippen molar-refractivity contribution < 1.29 is 14.6 Å². The highest BCUT2D eigenvalue weighted by molar-refractivity contribution is 5.73. The quantitative estimate of drug-likeness (QED) is 0.932. The molecule has 1 atom stereocenters. The number of hydrogen-bond acceptors (Lipinski definition) is 4. The van der Waals surface area contributed by atoms with Crippen LogP contribution in [0.15, 0.2) is 41.2 Å². The molecule has 1 unspecified atom stereocenters. The van der Waals surface area contributed by atoms with Crippen molar-refractivity contribution in [3.8, 4) is 23.1 Å². The maximum Gasteiger partial charge on any atom is 0.326 e. The zero-order valence-corrected chi connectivity index (χ0v) is 12.1. The van der Waals surface area contributed by atoms with Gasteiger partial charge in [0.15, 0.2) is 0 Å². The Labute approximate surface area is 126 Å². The van der Waals surface area contributed by atoms with Crippen LogP contribution in [0, 0.1) is 11.3 Å². The second kappa shape index (κ2) is 6.14. The summed E-state index contributed by atoms with van der Waals surface area (Å²) in [5.41, 5.74) is 0.323. The fraction of sp³-hybridized carbons (Fsp3) is 0.188. The molecule has 0 spiro atoms. The number of carboxylic acids is 1. The van der Waals surface area contributed by atoms with E-state index in [-0.39, 0.29) is 5.56 Å². The lowest BCUT2D eigenvalue weighted by Crippen LogP contribution is -2.30. The summed E-state index contributed by atoms with van der Waals surface area (Å²) in [6.45, 7) is 1.40. The fourth-order valence-electron chi connectivity index (χ4n) is 2.15. The number of ether oxygens (including phenoxy) is 1. The molecule has 112 valence electrons. The van der Waals surface area contributed by atoms with E-state index in [0.29, 0.717) is 17.0 Å². The van der Waals surface area contributed by atoms with E-state index in [9.17, 15) is 14.7 Å². The van der Waals surface area contributed by atoms with Crippen LogP contribution in [0.5, 0.6) is 5.75 Å². The van der Waals surface area contributed by atoms with Gasteiger partial charge >= 0.3 is 5.97 Å². The standard InChI is InChI=1S/C16H14N2O4/c1-10(16(20)21)18-14(7-6-12(9-17)15(18)19)11-4-3-5-13(8-11)22-2/h3-8,10H,1-2H3,(H,20,21). The van der Waals surface area contributed by atoms with Gasteiger partial charge in [0.2, 0.25) is 0 Å². The van der Waals surface area contributed by atoms with Gasteiger partial charge in [-0.2, -0.15) is 5.26 Å². The van der Waals surface area contributed by atoms with Crippen LogP contribution in [0.4, 0.5) is 0 Å². The average Bonchev–Trinajstić information content (AvgIpc) is 2.53. The molecule has 1 aromatic heterocycles. The molecule has 6 heteroatoms. The molecule has 0 aliphatic carbocycles. The predicted molar refractivity (Wildman–Crippen MR) is 79.8 cm³/mol. The van der Waals surface area contributed by atoms with Crippen molar-refractivity contribution in [2.45, 2.75) is 13.0 Å². The van der Waals surface area contributed by atoms with Gasteiger partial charge in [0, 0.05) is 5.56 Å². The van der Waals surface area contributed by atoms with Gasteiger partial charge in [0.1, 0.15) is 23.4 Å². The molecule has 2 rings (SSSR count). The van der Waals surface area contributed by atoms with Crippen molar-refractivity contribution in [3.63, 3.8) is 0 Å². The van der Waals surface area contributed by atoms with E-state index in [4.69, 9.17) is 10.00 Å². The van der Waals surface area contributed by atoms with Crippen LogP contribution in [0.3, 0.4) is 0 Å². The van der Waals surface area contributed by atoms with Gasteiger partial charge in [-0.15, -0.1) is 0 Å². The zero-order valence-electron chi connectivity index (χ0n) is 12.1. The SMILES string of the molecule is COc1cccc(-c2ccc(C#N)c(=O)n2C(C)C(=O)O)c1. The number of nitriles is 1. The summed E-state index contributed by atoms with van der Waals surface area (Å²) in [5, 5.41) is 18.2. The minimum atomic E-state index is -1.15. The van der Waals surface area contributed by atoms with Crippen molar-refractivity contribution in [3.05, 3.63) is 52.3 Å².